The topological polar surface area (TPSA) is 74.0 Å². The van der Waals surface area contributed by atoms with Crippen LogP contribution in [0.15, 0.2) is 36.5 Å². The zero-order chi connectivity index (χ0) is 15.5. The van der Waals surface area contributed by atoms with Crippen LogP contribution in [0.3, 0.4) is 0 Å². The standard InChI is InChI=1S/C16H16ClN3O2/c17-12-7-14(18-9-12)16(22)19-8-10-1-3-11(4-2-10)15(21)20-13-5-6-13/h1-4,7,9,13,18H,5-6,8H2,(H,19,22)(H,20,21). The summed E-state index contributed by atoms with van der Waals surface area (Å²) >= 11 is 5.76. The number of hydrogen-bond donors (Lipinski definition) is 3. The molecule has 2 aromatic rings. The third kappa shape index (κ3) is 3.68. The van der Waals surface area contributed by atoms with Crippen molar-refractivity contribution in [3.05, 3.63) is 58.4 Å². The van der Waals surface area contributed by atoms with Crippen LogP contribution >= 0.6 is 11.6 Å². The van der Waals surface area contributed by atoms with Crippen LogP contribution in [0.1, 0.15) is 39.3 Å². The molecule has 1 aliphatic rings. The van der Waals surface area contributed by atoms with Crippen LogP contribution in [0.25, 0.3) is 0 Å². The first-order chi connectivity index (χ1) is 10.6. The van der Waals surface area contributed by atoms with E-state index in [0.29, 0.717) is 28.9 Å². The Kier molecular flexibility index (Phi) is 4.15. The molecule has 1 fully saturated rings. The molecule has 0 saturated heterocycles. The molecule has 0 spiro atoms. The second-order valence-electron chi connectivity index (χ2n) is 5.36. The fourth-order valence-electron chi connectivity index (χ4n) is 2.05. The van der Waals surface area contributed by atoms with E-state index in [1.807, 2.05) is 12.1 Å². The summed E-state index contributed by atoms with van der Waals surface area (Å²) in [5.41, 5.74) is 1.98. The Hall–Kier alpha value is -2.27. The van der Waals surface area contributed by atoms with E-state index in [1.165, 1.54) is 0 Å². The molecule has 3 rings (SSSR count). The fourth-order valence-corrected chi connectivity index (χ4v) is 2.21. The number of aromatic nitrogens is 1. The van der Waals surface area contributed by atoms with Crippen molar-refractivity contribution in [1.29, 1.82) is 0 Å². The minimum atomic E-state index is -0.220. The van der Waals surface area contributed by atoms with E-state index >= 15 is 0 Å². The van der Waals surface area contributed by atoms with Crippen LogP contribution in [0.2, 0.25) is 5.02 Å². The molecule has 3 N–H and O–H groups in total. The first kappa shape index (κ1) is 14.7. The molecular weight excluding hydrogens is 302 g/mol. The van der Waals surface area contributed by atoms with Gasteiger partial charge in [-0.05, 0) is 36.6 Å². The van der Waals surface area contributed by atoms with Crippen LogP contribution in [-0.2, 0) is 6.54 Å². The molecule has 2 amide bonds. The summed E-state index contributed by atoms with van der Waals surface area (Å²) in [6.45, 7) is 0.389. The minimum absolute atomic E-state index is 0.0425. The van der Waals surface area contributed by atoms with Crippen molar-refractivity contribution in [2.75, 3.05) is 0 Å². The van der Waals surface area contributed by atoms with Gasteiger partial charge in [0, 0.05) is 24.3 Å². The quantitative estimate of drug-likeness (QED) is 0.792. The van der Waals surface area contributed by atoms with E-state index in [-0.39, 0.29) is 11.8 Å². The van der Waals surface area contributed by atoms with E-state index in [2.05, 4.69) is 15.6 Å². The van der Waals surface area contributed by atoms with Crippen molar-refractivity contribution in [3.8, 4) is 0 Å². The Labute approximate surface area is 133 Å². The highest BCUT2D eigenvalue weighted by Crippen LogP contribution is 2.19. The van der Waals surface area contributed by atoms with Gasteiger partial charge in [0.2, 0.25) is 0 Å². The first-order valence-electron chi connectivity index (χ1n) is 7.14. The molecule has 1 aromatic carbocycles. The van der Waals surface area contributed by atoms with Crippen LogP contribution in [-0.4, -0.2) is 22.8 Å². The number of hydrogen-bond acceptors (Lipinski definition) is 2. The number of amides is 2. The maximum Gasteiger partial charge on any atom is 0.268 e. The second kappa shape index (κ2) is 6.23. The molecule has 5 nitrogen and oxygen atoms in total. The zero-order valence-electron chi connectivity index (χ0n) is 11.9. The lowest BCUT2D eigenvalue weighted by Crippen LogP contribution is -2.25. The number of H-pyrrole nitrogens is 1. The largest absolute Gasteiger partial charge is 0.356 e. The van der Waals surface area contributed by atoms with Crippen molar-refractivity contribution >= 4 is 23.4 Å². The predicted octanol–water partition coefficient (Wildman–Crippen LogP) is 2.49. The summed E-state index contributed by atoms with van der Waals surface area (Å²) in [4.78, 5) is 26.5. The van der Waals surface area contributed by atoms with Gasteiger partial charge in [-0.3, -0.25) is 9.59 Å². The molecule has 1 heterocycles. The molecule has 0 radical (unpaired) electrons. The fraction of sp³-hybridized carbons (Fsp3) is 0.250. The molecule has 1 aromatic heterocycles. The molecule has 0 bridgehead atoms. The molecule has 114 valence electrons. The summed E-state index contributed by atoms with van der Waals surface area (Å²) in [5.74, 6) is -0.262. The second-order valence-corrected chi connectivity index (χ2v) is 5.80. The predicted molar refractivity (Wildman–Crippen MR) is 83.9 cm³/mol. The molecule has 1 aliphatic carbocycles. The first-order valence-corrected chi connectivity index (χ1v) is 7.51. The SMILES string of the molecule is O=C(NC1CC1)c1ccc(CNC(=O)c2cc(Cl)c[nH]2)cc1. The molecular formula is C16H16ClN3O2. The number of benzene rings is 1. The number of carbonyl (C=O) groups excluding carboxylic acids is 2. The maximum atomic E-state index is 11.9. The number of halogens is 1. The third-order valence-corrected chi connectivity index (χ3v) is 3.69. The van der Waals surface area contributed by atoms with Crippen molar-refractivity contribution in [1.82, 2.24) is 15.6 Å². The summed E-state index contributed by atoms with van der Waals surface area (Å²) in [6.07, 6.45) is 3.70. The lowest BCUT2D eigenvalue weighted by molar-refractivity contribution is 0.0939. The molecule has 6 heteroatoms. The van der Waals surface area contributed by atoms with Crippen LogP contribution < -0.4 is 10.6 Å². The van der Waals surface area contributed by atoms with Gasteiger partial charge in [-0.15, -0.1) is 0 Å². The van der Waals surface area contributed by atoms with Gasteiger partial charge in [0.05, 0.1) is 5.02 Å². The van der Waals surface area contributed by atoms with Gasteiger partial charge in [0.15, 0.2) is 0 Å². The van der Waals surface area contributed by atoms with Gasteiger partial charge in [-0.1, -0.05) is 23.7 Å². The number of nitrogens with one attached hydrogen (secondary N) is 3. The number of carbonyl (C=O) groups is 2. The maximum absolute atomic E-state index is 11.9. The monoisotopic (exact) mass is 317 g/mol. The smallest absolute Gasteiger partial charge is 0.268 e. The van der Waals surface area contributed by atoms with Crippen molar-refractivity contribution in [3.63, 3.8) is 0 Å². The van der Waals surface area contributed by atoms with E-state index in [0.717, 1.165) is 18.4 Å². The highest BCUT2D eigenvalue weighted by Gasteiger charge is 2.23. The van der Waals surface area contributed by atoms with Gasteiger partial charge >= 0.3 is 0 Å². The van der Waals surface area contributed by atoms with Crippen molar-refractivity contribution in [2.45, 2.75) is 25.4 Å². The average molecular weight is 318 g/mol. The van der Waals surface area contributed by atoms with Crippen LogP contribution in [0, 0.1) is 0 Å². The molecule has 22 heavy (non-hydrogen) atoms. The Morgan fingerprint density at radius 1 is 1.18 bits per heavy atom. The minimum Gasteiger partial charge on any atom is -0.356 e. The van der Waals surface area contributed by atoms with Crippen LogP contribution in [0.4, 0.5) is 0 Å². The summed E-state index contributed by atoms with van der Waals surface area (Å²) in [7, 11) is 0. The van der Waals surface area contributed by atoms with Gasteiger partial charge in [0.25, 0.3) is 11.8 Å². The highest BCUT2D eigenvalue weighted by atomic mass is 35.5. The van der Waals surface area contributed by atoms with E-state index in [4.69, 9.17) is 11.6 Å². The van der Waals surface area contributed by atoms with E-state index in [1.54, 1.807) is 24.4 Å². The zero-order valence-corrected chi connectivity index (χ0v) is 12.6. The Bertz CT molecular complexity index is 690. The molecule has 0 aliphatic heterocycles. The van der Waals surface area contributed by atoms with E-state index in [9.17, 15) is 9.59 Å². The highest BCUT2D eigenvalue weighted by molar-refractivity contribution is 6.30. The third-order valence-electron chi connectivity index (χ3n) is 3.47. The molecule has 0 unspecified atom stereocenters. The van der Waals surface area contributed by atoms with Crippen molar-refractivity contribution < 1.29 is 9.59 Å². The van der Waals surface area contributed by atoms with Gasteiger partial charge < -0.3 is 15.6 Å². The van der Waals surface area contributed by atoms with Crippen molar-refractivity contribution in [2.24, 2.45) is 0 Å². The van der Waals surface area contributed by atoms with E-state index < -0.39 is 0 Å². The van der Waals surface area contributed by atoms with Gasteiger partial charge in [-0.25, -0.2) is 0 Å². The summed E-state index contributed by atoms with van der Waals surface area (Å²) in [5, 5.41) is 6.22. The average Bonchev–Trinajstić information content (AvgIpc) is 3.23. The van der Waals surface area contributed by atoms with Gasteiger partial charge in [0.1, 0.15) is 5.69 Å². The van der Waals surface area contributed by atoms with Gasteiger partial charge in [-0.2, -0.15) is 0 Å². The number of rotatable bonds is 5. The van der Waals surface area contributed by atoms with Crippen LogP contribution in [0.5, 0.6) is 0 Å². The normalized spacial score (nSPS) is 13.7. The Balaban J connectivity index is 1.54. The lowest BCUT2D eigenvalue weighted by atomic mass is 10.1. The lowest BCUT2D eigenvalue weighted by Gasteiger charge is -2.06. The summed E-state index contributed by atoms with van der Waals surface area (Å²) < 4.78 is 0. The molecule has 0 atom stereocenters. The molecule has 1 saturated carbocycles. The Morgan fingerprint density at radius 2 is 1.91 bits per heavy atom. The Morgan fingerprint density at radius 3 is 2.50 bits per heavy atom. The number of aromatic amines is 1. The summed E-state index contributed by atoms with van der Waals surface area (Å²) in [6, 6.07) is 9.13.